The fraction of sp³-hybridized carbons (Fsp3) is 0.438. The highest BCUT2D eigenvalue weighted by Gasteiger charge is 2.39. The zero-order valence-electron chi connectivity index (χ0n) is 25.3. The van der Waals surface area contributed by atoms with Crippen molar-refractivity contribution in [1.82, 2.24) is 15.3 Å². The topological polar surface area (TPSA) is 102 Å². The number of ether oxygens (including phenoxy) is 2. The van der Waals surface area contributed by atoms with Crippen LogP contribution in [0.4, 0.5) is 23.7 Å². The van der Waals surface area contributed by atoms with E-state index in [2.05, 4.69) is 27.5 Å². The van der Waals surface area contributed by atoms with Gasteiger partial charge in [0.25, 0.3) is 5.91 Å². The summed E-state index contributed by atoms with van der Waals surface area (Å²) in [6.07, 6.45) is 3.98. The van der Waals surface area contributed by atoms with E-state index in [0.717, 1.165) is 48.1 Å². The number of alkyl carbamates (subject to hydrolysis) is 1. The molecular formula is C32H37F3N4O4S. The van der Waals surface area contributed by atoms with Crippen LogP contribution in [-0.2, 0) is 9.47 Å². The van der Waals surface area contributed by atoms with Crippen molar-refractivity contribution in [3.63, 3.8) is 0 Å². The van der Waals surface area contributed by atoms with Gasteiger partial charge in [-0.2, -0.15) is 11.8 Å². The molecule has 0 bridgehead atoms. The highest BCUT2D eigenvalue weighted by atomic mass is 32.2. The Hall–Kier alpha value is -3.64. The molecule has 0 spiro atoms. The number of carbonyl (C=O) groups is 2. The quantitative estimate of drug-likeness (QED) is 0.246. The fourth-order valence-corrected chi connectivity index (χ4v) is 6.82. The first-order valence-corrected chi connectivity index (χ1v) is 15.4. The number of methoxy groups -OCH3 is 1. The number of rotatable bonds is 9. The first kappa shape index (κ1) is 33.3. The van der Waals surface area contributed by atoms with Crippen molar-refractivity contribution >= 4 is 29.4 Å². The number of thioether (sulfide) groups is 1. The van der Waals surface area contributed by atoms with Gasteiger partial charge in [0.15, 0.2) is 0 Å². The molecule has 2 N–H and O–H groups in total. The molecular weight excluding hydrogens is 593 g/mol. The van der Waals surface area contributed by atoms with E-state index in [9.17, 15) is 22.8 Å². The third kappa shape index (κ3) is 8.29. The standard InChI is InChI=1S/C32H37F3N4O4S/c1-18-15-19(16-25(29(18)44-14-13-42-5)39-31(41)43-32(2,3)4)20-11-12-36-17-26(20)38-30(40)24-10-9-23(35)28(37-24)27-21(33)7-6-8-22(27)34/h6-12,17-19,25,29H,13-16H2,1-5H3,(H,38,40)(H,39,41)/t18-,19+,25+,29-/m0/s1. The van der Waals surface area contributed by atoms with E-state index >= 15 is 0 Å². The SMILES string of the molecule is COCCS[C@H]1[C@@H](C)C[C@@H](c2ccncc2NC(=O)c2ccc(F)c(-c3c(F)cccc3F)n2)C[C@H]1NC(=O)OC(C)(C)C. The van der Waals surface area contributed by atoms with Crippen molar-refractivity contribution in [3.05, 3.63) is 77.5 Å². The zero-order chi connectivity index (χ0) is 32.0. The molecule has 2 amide bonds. The van der Waals surface area contributed by atoms with Crippen molar-refractivity contribution in [2.45, 2.75) is 63.3 Å². The number of nitrogens with one attached hydrogen (secondary N) is 2. The predicted octanol–water partition coefficient (Wildman–Crippen LogP) is 6.97. The number of nitrogens with zero attached hydrogens (tertiary/aromatic N) is 2. The molecule has 0 radical (unpaired) electrons. The van der Waals surface area contributed by atoms with Crippen LogP contribution in [0.3, 0.4) is 0 Å². The van der Waals surface area contributed by atoms with E-state index < -0.39 is 46.3 Å². The summed E-state index contributed by atoms with van der Waals surface area (Å²) in [6, 6.07) is 6.82. The van der Waals surface area contributed by atoms with Gasteiger partial charge in [0.05, 0.1) is 24.1 Å². The van der Waals surface area contributed by atoms with Crippen LogP contribution in [0.2, 0.25) is 0 Å². The van der Waals surface area contributed by atoms with E-state index in [1.54, 1.807) is 45.8 Å². The van der Waals surface area contributed by atoms with Crippen LogP contribution in [0.15, 0.2) is 48.8 Å². The van der Waals surface area contributed by atoms with Crippen LogP contribution in [0, 0.1) is 23.4 Å². The van der Waals surface area contributed by atoms with Crippen LogP contribution in [0.1, 0.15) is 62.5 Å². The van der Waals surface area contributed by atoms with Gasteiger partial charge >= 0.3 is 6.09 Å². The largest absolute Gasteiger partial charge is 0.444 e. The molecule has 2 aromatic heterocycles. The second-order valence-corrected chi connectivity index (χ2v) is 13.1. The van der Waals surface area contributed by atoms with Crippen LogP contribution >= 0.6 is 11.8 Å². The zero-order valence-corrected chi connectivity index (χ0v) is 26.1. The molecule has 2 heterocycles. The Kier molecular flexibility index (Phi) is 10.9. The van der Waals surface area contributed by atoms with Gasteiger partial charge in [-0.05, 0) is 81.3 Å². The van der Waals surface area contributed by atoms with Gasteiger partial charge in [0.2, 0.25) is 0 Å². The van der Waals surface area contributed by atoms with E-state index in [-0.39, 0.29) is 28.8 Å². The monoisotopic (exact) mass is 630 g/mol. The summed E-state index contributed by atoms with van der Waals surface area (Å²) in [5, 5.41) is 5.98. The van der Waals surface area contributed by atoms with Crippen molar-refractivity contribution in [2.24, 2.45) is 5.92 Å². The predicted molar refractivity (Wildman–Crippen MR) is 164 cm³/mol. The molecule has 3 aromatic rings. The minimum absolute atomic E-state index is 0.0632. The number of halogens is 3. The smallest absolute Gasteiger partial charge is 0.407 e. The Morgan fingerprint density at radius 3 is 2.45 bits per heavy atom. The molecule has 1 aliphatic rings. The molecule has 44 heavy (non-hydrogen) atoms. The lowest BCUT2D eigenvalue weighted by atomic mass is 9.75. The first-order chi connectivity index (χ1) is 20.9. The second kappa shape index (κ2) is 14.4. The van der Waals surface area contributed by atoms with E-state index in [1.165, 1.54) is 6.20 Å². The Morgan fingerprint density at radius 1 is 1.05 bits per heavy atom. The molecule has 1 aromatic carbocycles. The third-order valence-corrected chi connectivity index (χ3v) is 8.85. The number of hydrogen-bond donors (Lipinski definition) is 2. The van der Waals surface area contributed by atoms with Crippen LogP contribution in [0.25, 0.3) is 11.3 Å². The maximum Gasteiger partial charge on any atom is 0.407 e. The number of carbonyl (C=O) groups excluding carboxylic acids is 2. The Labute approximate surface area is 259 Å². The van der Waals surface area contributed by atoms with E-state index in [1.807, 2.05) is 6.07 Å². The Bertz CT molecular complexity index is 1470. The normalized spacial score (nSPS) is 20.2. The molecule has 4 atom stereocenters. The summed E-state index contributed by atoms with van der Waals surface area (Å²) < 4.78 is 54.2. The minimum atomic E-state index is -0.997. The number of benzene rings is 1. The van der Waals surface area contributed by atoms with Gasteiger partial charge in [-0.15, -0.1) is 0 Å². The molecule has 236 valence electrons. The summed E-state index contributed by atoms with van der Waals surface area (Å²) in [7, 11) is 1.65. The van der Waals surface area contributed by atoms with Gasteiger partial charge in [-0.1, -0.05) is 13.0 Å². The lowest BCUT2D eigenvalue weighted by Crippen LogP contribution is -2.50. The average molecular weight is 631 g/mol. The van der Waals surface area contributed by atoms with Gasteiger partial charge in [0.1, 0.15) is 34.4 Å². The summed E-state index contributed by atoms with van der Waals surface area (Å²) in [5.74, 6) is -2.77. The van der Waals surface area contributed by atoms with Crippen molar-refractivity contribution in [1.29, 1.82) is 0 Å². The molecule has 1 saturated carbocycles. The minimum Gasteiger partial charge on any atom is -0.444 e. The second-order valence-electron chi connectivity index (χ2n) is 11.8. The van der Waals surface area contributed by atoms with Crippen molar-refractivity contribution in [3.8, 4) is 11.3 Å². The number of aromatic nitrogens is 2. The molecule has 1 aliphatic carbocycles. The first-order valence-electron chi connectivity index (χ1n) is 14.3. The van der Waals surface area contributed by atoms with E-state index in [4.69, 9.17) is 9.47 Å². The van der Waals surface area contributed by atoms with Gasteiger partial charge in [0, 0.05) is 30.4 Å². The Balaban J connectivity index is 1.58. The summed E-state index contributed by atoms with van der Waals surface area (Å²) >= 11 is 1.74. The average Bonchev–Trinajstić information content (AvgIpc) is 2.94. The van der Waals surface area contributed by atoms with E-state index in [0.29, 0.717) is 18.7 Å². The number of hydrogen-bond acceptors (Lipinski definition) is 7. The maximum atomic E-state index is 14.6. The van der Waals surface area contributed by atoms with Crippen LogP contribution in [0.5, 0.6) is 0 Å². The maximum absolute atomic E-state index is 14.6. The number of amides is 2. The van der Waals surface area contributed by atoms with Gasteiger partial charge in [-0.25, -0.2) is 22.9 Å². The molecule has 8 nitrogen and oxygen atoms in total. The van der Waals surface area contributed by atoms with Crippen molar-refractivity contribution < 1.29 is 32.2 Å². The molecule has 4 rings (SSSR count). The third-order valence-electron chi connectivity index (χ3n) is 7.27. The number of pyridine rings is 2. The van der Waals surface area contributed by atoms with Gasteiger partial charge in [-0.3, -0.25) is 9.78 Å². The summed E-state index contributed by atoms with van der Waals surface area (Å²) in [5.41, 5.74) is -0.916. The lowest BCUT2D eigenvalue weighted by Gasteiger charge is -2.41. The molecule has 12 heteroatoms. The lowest BCUT2D eigenvalue weighted by molar-refractivity contribution is 0.0485. The summed E-state index contributed by atoms with van der Waals surface area (Å²) in [4.78, 5) is 34.3. The van der Waals surface area contributed by atoms with Crippen LogP contribution in [-0.4, -0.2) is 58.3 Å². The highest BCUT2D eigenvalue weighted by Crippen LogP contribution is 2.43. The number of anilines is 1. The van der Waals surface area contributed by atoms with Gasteiger partial charge < -0.3 is 20.1 Å². The van der Waals surface area contributed by atoms with Crippen molar-refractivity contribution in [2.75, 3.05) is 24.8 Å². The highest BCUT2D eigenvalue weighted by molar-refractivity contribution is 8.00. The molecule has 0 saturated heterocycles. The molecule has 0 aliphatic heterocycles. The summed E-state index contributed by atoms with van der Waals surface area (Å²) in [6.45, 7) is 8.13. The molecule has 0 unspecified atom stereocenters. The Morgan fingerprint density at radius 2 is 1.77 bits per heavy atom. The van der Waals surface area contributed by atoms with Crippen LogP contribution < -0.4 is 10.6 Å². The fourth-order valence-electron chi connectivity index (χ4n) is 5.44. The molecule has 1 fully saturated rings.